The lowest BCUT2D eigenvalue weighted by Crippen LogP contribution is -2.38. The molecule has 0 unspecified atom stereocenters. The van der Waals surface area contributed by atoms with E-state index in [2.05, 4.69) is 25.2 Å². The first kappa shape index (κ1) is 10.3. The molecule has 0 saturated heterocycles. The molecule has 0 radical (unpaired) electrons. The predicted octanol–water partition coefficient (Wildman–Crippen LogP) is 2.44. The molecule has 2 heteroatoms. The zero-order chi connectivity index (χ0) is 10.1. The van der Waals surface area contributed by atoms with Crippen molar-refractivity contribution in [1.82, 2.24) is 5.32 Å². The molecule has 0 atom stereocenters. The van der Waals surface area contributed by atoms with Crippen molar-refractivity contribution in [1.29, 1.82) is 0 Å². The third-order valence-electron chi connectivity index (χ3n) is 2.45. The topological polar surface area (TPSA) is 25.2 Å². The number of hydrogen-bond donors (Lipinski definition) is 1. The maximum absolute atomic E-state index is 5.48. The lowest BCUT2D eigenvalue weighted by molar-refractivity contribution is 0.416. The quantitative estimate of drug-likeness (QED) is 0.774. The van der Waals surface area contributed by atoms with Crippen LogP contribution in [0, 0.1) is 13.8 Å². The van der Waals surface area contributed by atoms with Gasteiger partial charge in [-0.15, -0.1) is 0 Å². The van der Waals surface area contributed by atoms with Crippen LogP contribution in [0.15, 0.2) is 10.5 Å². The first-order valence-electron chi connectivity index (χ1n) is 4.69. The van der Waals surface area contributed by atoms with Crippen LogP contribution in [0.1, 0.15) is 30.9 Å². The first-order chi connectivity index (χ1) is 5.94. The number of likely N-dealkylation sites (N-methyl/N-ethyl adjacent to an activating group) is 1. The van der Waals surface area contributed by atoms with Crippen LogP contribution >= 0.6 is 0 Å². The van der Waals surface area contributed by atoms with E-state index in [1.165, 1.54) is 5.56 Å². The summed E-state index contributed by atoms with van der Waals surface area (Å²) in [6.45, 7) is 8.39. The standard InChI is InChI=1S/C11H19NO/c1-8-6-10(9(2)13-8)7-11(3,4)12-5/h6,12H,7H2,1-5H3. The first-order valence-corrected chi connectivity index (χ1v) is 4.69. The fraction of sp³-hybridized carbons (Fsp3) is 0.636. The van der Waals surface area contributed by atoms with Gasteiger partial charge in [-0.1, -0.05) is 0 Å². The summed E-state index contributed by atoms with van der Waals surface area (Å²) in [5, 5.41) is 3.28. The molecule has 0 spiro atoms. The molecular weight excluding hydrogens is 162 g/mol. The summed E-state index contributed by atoms with van der Waals surface area (Å²) < 4.78 is 5.48. The zero-order valence-electron chi connectivity index (χ0n) is 9.19. The van der Waals surface area contributed by atoms with E-state index in [1.54, 1.807) is 0 Å². The Morgan fingerprint density at radius 1 is 1.38 bits per heavy atom. The van der Waals surface area contributed by atoms with E-state index >= 15 is 0 Å². The van der Waals surface area contributed by atoms with Crippen LogP contribution in [0.5, 0.6) is 0 Å². The van der Waals surface area contributed by atoms with Crippen LogP contribution in [0.2, 0.25) is 0 Å². The molecule has 0 saturated carbocycles. The summed E-state index contributed by atoms with van der Waals surface area (Å²) in [5.41, 5.74) is 1.44. The van der Waals surface area contributed by atoms with Gasteiger partial charge in [0.2, 0.25) is 0 Å². The minimum absolute atomic E-state index is 0.140. The highest BCUT2D eigenvalue weighted by atomic mass is 16.3. The number of nitrogens with one attached hydrogen (secondary N) is 1. The molecule has 0 amide bonds. The minimum Gasteiger partial charge on any atom is -0.466 e. The molecule has 0 aromatic carbocycles. The molecule has 0 aliphatic heterocycles. The third kappa shape index (κ3) is 2.59. The summed E-state index contributed by atoms with van der Waals surface area (Å²) in [6.07, 6.45) is 1.01. The molecule has 1 N–H and O–H groups in total. The van der Waals surface area contributed by atoms with Crippen molar-refractivity contribution in [3.63, 3.8) is 0 Å². The van der Waals surface area contributed by atoms with Crippen molar-refractivity contribution in [2.24, 2.45) is 0 Å². The van der Waals surface area contributed by atoms with Gasteiger partial charge in [0, 0.05) is 5.54 Å². The predicted molar refractivity (Wildman–Crippen MR) is 55.0 cm³/mol. The Morgan fingerprint density at radius 2 is 2.00 bits per heavy atom. The molecule has 1 heterocycles. The van der Waals surface area contributed by atoms with E-state index < -0.39 is 0 Å². The maximum Gasteiger partial charge on any atom is 0.104 e. The Morgan fingerprint density at radius 3 is 2.38 bits per heavy atom. The highest BCUT2D eigenvalue weighted by Crippen LogP contribution is 2.19. The molecule has 74 valence electrons. The molecule has 0 aliphatic rings. The molecular formula is C11H19NO. The van der Waals surface area contributed by atoms with Crippen LogP contribution in [0.4, 0.5) is 0 Å². The van der Waals surface area contributed by atoms with Crippen molar-refractivity contribution in [3.05, 3.63) is 23.2 Å². The minimum atomic E-state index is 0.140. The Bertz CT molecular complexity index is 286. The Hall–Kier alpha value is -0.760. The molecule has 0 aliphatic carbocycles. The van der Waals surface area contributed by atoms with Gasteiger partial charge in [0.1, 0.15) is 11.5 Å². The molecule has 1 aromatic rings. The molecule has 1 rings (SSSR count). The number of aryl methyl sites for hydroxylation is 2. The van der Waals surface area contributed by atoms with Crippen LogP contribution in [0.3, 0.4) is 0 Å². The molecule has 1 aromatic heterocycles. The molecule has 0 bridgehead atoms. The van der Waals surface area contributed by atoms with E-state index in [0.717, 1.165) is 17.9 Å². The number of hydrogen-bond acceptors (Lipinski definition) is 2. The monoisotopic (exact) mass is 181 g/mol. The van der Waals surface area contributed by atoms with Crippen LogP contribution in [-0.2, 0) is 6.42 Å². The van der Waals surface area contributed by atoms with E-state index in [9.17, 15) is 0 Å². The van der Waals surface area contributed by atoms with Crippen molar-refractivity contribution < 1.29 is 4.42 Å². The van der Waals surface area contributed by atoms with Crippen molar-refractivity contribution >= 4 is 0 Å². The fourth-order valence-corrected chi connectivity index (χ4v) is 1.42. The van der Waals surface area contributed by atoms with Gasteiger partial charge in [-0.25, -0.2) is 0 Å². The van der Waals surface area contributed by atoms with E-state index in [4.69, 9.17) is 4.42 Å². The Labute approximate surface area is 80.3 Å². The van der Waals surface area contributed by atoms with Gasteiger partial charge >= 0.3 is 0 Å². The number of furan rings is 1. The van der Waals surface area contributed by atoms with Gasteiger partial charge in [0.05, 0.1) is 0 Å². The van der Waals surface area contributed by atoms with E-state index in [1.807, 2.05) is 20.9 Å². The van der Waals surface area contributed by atoms with Gasteiger partial charge in [0.15, 0.2) is 0 Å². The summed E-state index contributed by atoms with van der Waals surface area (Å²) in [6, 6.07) is 2.12. The van der Waals surface area contributed by atoms with Gasteiger partial charge in [0.25, 0.3) is 0 Å². The largest absolute Gasteiger partial charge is 0.466 e. The smallest absolute Gasteiger partial charge is 0.104 e. The second kappa shape index (κ2) is 3.54. The fourth-order valence-electron chi connectivity index (χ4n) is 1.42. The maximum atomic E-state index is 5.48. The Kier molecular flexibility index (Phi) is 2.81. The normalized spacial score (nSPS) is 12.1. The lowest BCUT2D eigenvalue weighted by Gasteiger charge is -2.23. The summed E-state index contributed by atoms with van der Waals surface area (Å²) in [4.78, 5) is 0. The van der Waals surface area contributed by atoms with Crippen molar-refractivity contribution in [2.45, 2.75) is 39.7 Å². The average molecular weight is 181 g/mol. The van der Waals surface area contributed by atoms with E-state index in [0.29, 0.717) is 0 Å². The highest BCUT2D eigenvalue weighted by Gasteiger charge is 2.18. The molecule has 0 fully saturated rings. The average Bonchev–Trinajstić information content (AvgIpc) is 2.30. The molecule has 2 nitrogen and oxygen atoms in total. The SMILES string of the molecule is CNC(C)(C)Cc1cc(C)oc1C. The second-order valence-corrected chi connectivity index (χ2v) is 4.25. The van der Waals surface area contributed by atoms with Crippen LogP contribution < -0.4 is 5.32 Å². The van der Waals surface area contributed by atoms with E-state index in [-0.39, 0.29) is 5.54 Å². The summed E-state index contributed by atoms with van der Waals surface area (Å²) in [7, 11) is 1.99. The van der Waals surface area contributed by atoms with Crippen LogP contribution in [0.25, 0.3) is 0 Å². The zero-order valence-corrected chi connectivity index (χ0v) is 9.19. The Balaban J connectivity index is 2.79. The second-order valence-electron chi connectivity index (χ2n) is 4.25. The van der Waals surface area contributed by atoms with Gasteiger partial charge in [-0.05, 0) is 52.8 Å². The third-order valence-corrected chi connectivity index (χ3v) is 2.45. The molecule has 13 heavy (non-hydrogen) atoms. The highest BCUT2D eigenvalue weighted by molar-refractivity contribution is 5.22. The van der Waals surface area contributed by atoms with Crippen LogP contribution in [-0.4, -0.2) is 12.6 Å². The van der Waals surface area contributed by atoms with Gasteiger partial charge in [-0.3, -0.25) is 0 Å². The van der Waals surface area contributed by atoms with Crippen molar-refractivity contribution in [3.8, 4) is 0 Å². The summed E-state index contributed by atoms with van der Waals surface area (Å²) >= 11 is 0. The van der Waals surface area contributed by atoms with Crippen molar-refractivity contribution in [2.75, 3.05) is 7.05 Å². The van der Waals surface area contributed by atoms with Gasteiger partial charge in [-0.2, -0.15) is 0 Å². The van der Waals surface area contributed by atoms with Gasteiger partial charge < -0.3 is 9.73 Å². The summed E-state index contributed by atoms with van der Waals surface area (Å²) in [5.74, 6) is 2.04. The lowest BCUT2D eigenvalue weighted by atomic mass is 9.95. The number of rotatable bonds is 3.